The lowest BCUT2D eigenvalue weighted by Gasteiger charge is -2.15. The van der Waals surface area contributed by atoms with Gasteiger partial charge in [0.1, 0.15) is 0 Å². The highest BCUT2D eigenvalue weighted by Gasteiger charge is 2.13. The summed E-state index contributed by atoms with van der Waals surface area (Å²) in [6.45, 7) is 3.00. The van der Waals surface area contributed by atoms with Crippen LogP contribution in [0.5, 0.6) is 0 Å². The second kappa shape index (κ2) is 6.10. The fourth-order valence-corrected chi connectivity index (χ4v) is 2.34. The number of hydrogen-bond acceptors (Lipinski definition) is 4. The molecule has 0 saturated heterocycles. The van der Waals surface area contributed by atoms with E-state index in [4.69, 9.17) is 11.6 Å². The van der Waals surface area contributed by atoms with Crippen molar-refractivity contribution in [2.45, 2.75) is 19.4 Å². The third-order valence-corrected chi connectivity index (χ3v) is 3.31. The minimum absolute atomic E-state index is 0.222. The number of nitrogens with one attached hydrogen (secondary N) is 1. The van der Waals surface area contributed by atoms with Gasteiger partial charge < -0.3 is 5.32 Å². The van der Waals surface area contributed by atoms with Crippen molar-refractivity contribution in [1.29, 1.82) is 0 Å². The second-order valence-electron chi connectivity index (χ2n) is 3.77. The molecule has 1 aromatic carbocycles. The maximum atomic E-state index is 5.87. The van der Waals surface area contributed by atoms with Crippen molar-refractivity contribution in [1.82, 2.24) is 14.9 Å². The first-order valence-corrected chi connectivity index (χ1v) is 6.76. The summed E-state index contributed by atoms with van der Waals surface area (Å²) in [4.78, 5) is 0. The topological polar surface area (TPSA) is 37.8 Å². The van der Waals surface area contributed by atoms with Crippen LogP contribution in [-0.2, 0) is 6.42 Å². The molecule has 5 heteroatoms. The van der Waals surface area contributed by atoms with Crippen LogP contribution in [0.4, 0.5) is 0 Å². The van der Waals surface area contributed by atoms with Gasteiger partial charge in [-0.2, -0.15) is 0 Å². The Kier molecular flexibility index (Phi) is 4.48. The highest BCUT2D eigenvalue weighted by atomic mass is 35.5. The van der Waals surface area contributed by atoms with Gasteiger partial charge in [0.05, 0.1) is 11.7 Å². The molecule has 0 saturated carbocycles. The van der Waals surface area contributed by atoms with E-state index in [0.29, 0.717) is 0 Å². The fraction of sp³-hybridized carbons (Fsp3) is 0.333. The first-order valence-electron chi connectivity index (χ1n) is 5.54. The van der Waals surface area contributed by atoms with Crippen LogP contribution in [0.25, 0.3) is 0 Å². The Bertz CT molecular complexity index is 441. The summed E-state index contributed by atoms with van der Waals surface area (Å²) in [5.41, 5.74) is 2.25. The van der Waals surface area contributed by atoms with Gasteiger partial charge in [0.2, 0.25) is 0 Å². The Hall–Kier alpha value is -0.970. The average Bonchev–Trinajstić information content (AvgIpc) is 2.85. The molecule has 1 atom stereocenters. The third kappa shape index (κ3) is 3.49. The van der Waals surface area contributed by atoms with Crippen molar-refractivity contribution in [3.63, 3.8) is 0 Å². The number of aromatic nitrogens is 2. The summed E-state index contributed by atoms with van der Waals surface area (Å²) in [7, 11) is 0. The number of hydrogen-bond donors (Lipinski definition) is 1. The predicted octanol–water partition coefficient (Wildman–Crippen LogP) is 3.08. The van der Waals surface area contributed by atoms with Crippen LogP contribution < -0.4 is 5.32 Å². The zero-order valence-electron chi connectivity index (χ0n) is 9.56. The Balaban J connectivity index is 2.10. The normalized spacial score (nSPS) is 12.6. The van der Waals surface area contributed by atoms with Gasteiger partial charge in [-0.05, 0) is 42.2 Å². The fourth-order valence-electron chi connectivity index (χ4n) is 1.71. The average molecular weight is 268 g/mol. The molecule has 1 N–H and O–H groups in total. The van der Waals surface area contributed by atoms with E-state index in [-0.39, 0.29) is 6.04 Å². The largest absolute Gasteiger partial charge is 0.309 e. The molecule has 0 fully saturated rings. The van der Waals surface area contributed by atoms with Crippen LogP contribution in [0, 0.1) is 0 Å². The minimum atomic E-state index is 0.222. The van der Waals surface area contributed by atoms with E-state index in [2.05, 4.69) is 21.8 Å². The third-order valence-electron chi connectivity index (χ3n) is 2.54. The quantitative estimate of drug-likeness (QED) is 0.905. The molecule has 0 aliphatic rings. The highest BCUT2D eigenvalue weighted by Crippen LogP contribution is 2.18. The van der Waals surface area contributed by atoms with E-state index in [1.165, 1.54) is 17.1 Å². The van der Waals surface area contributed by atoms with E-state index < -0.39 is 0 Å². The summed E-state index contributed by atoms with van der Waals surface area (Å²) in [6, 6.07) is 8.15. The summed E-state index contributed by atoms with van der Waals surface area (Å²) in [5, 5.41) is 10.3. The first kappa shape index (κ1) is 12.5. The highest BCUT2D eigenvalue weighted by molar-refractivity contribution is 7.03. The molecule has 0 radical (unpaired) electrons. The van der Waals surface area contributed by atoms with Gasteiger partial charge >= 0.3 is 0 Å². The molecule has 2 rings (SSSR count). The van der Waals surface area contributed by atoms with Crippen molar-refractivity contribution in [3.05, 3.63) is 45.9 Å². The first-order chi connectivity index (χ1) is 8.29. The monoisotopic (exact) mass is 267 g/mol. The van der Waals surface area contributed by atoms with Crippen LogP contribution in [0.3, 0.4) is 0 Å². The molecule has 1 aromatic heterocycles. The van der Waals surface area contributed by atoms with E-state index >= 15 is 0 Å². The Morgan fingerprint density at radius 3 is 2.71 bits per heavy atom. The number of benzene rings is 1. The number of nitrogens with zero attached hydrogens (tertiary/aromatic N) is 2. The number of rotatable bonds is 5. The van der Waals surface area contributed by atoms with Gasteiger partial charge in [0.25, 0.3) is 0 Å². The van der Waals surface area contributed by atoms with Crippen LogP contribution in [0.2, 0.25) is 5.02 Å². The Labute approximate surface area is 110 Å². The molecule has 0 spiro atoms. The van der Waals surface area contributed by atoms with Crippen molar-refractivity contribution in [2.75, 3.05) is 6.54 Å². The summed E-state index contributed by atoms with van der Waals surface area (Å²) in [6.07, 6.45) is 0.899. The molecular formula is C12H14ClN3S. The van der Waals surface area contributed by atoms with Crippen LogP contribution in [-0.4, -0.2) is 16.1 Å². The second-order valence-corrected chi connectivity index (χ2v) is 4.82. The molecule has 1 heterocycles. The van der Waals surface area contributed by atoms with Crippen LogP contribution in [0.15, 0.2) is 29.6 Å². The zero-order chi connectivity index (χ0) is 12.1. The smallest absolute Gasteiger partial charge is 0.0928 e. The van der Waals surface area contributed by atoms with Gasteiger partial charge in [0, 0.05) is 10.4 Å². The number of halogens is 1. The molecule has 2 aromatic rings. The molecule has 0 bridgehead atoms. The summed E-state index contributed by atoms with van der Waals surface area (Å²) in [5.74, 6) is 0. The van der Waals surface area contributed by atoms with Crippen molar-refractivity contribution >= 4 is 23.1 Å². The lowest BCUT2D eigenvalue weighted by molar-refractivity contribution is 0.535. The van der Waals surface area contributed by atoms with Crippen LogP contribution in [0.1, 0.15) is 24.2 Å². The molecule has 17 heavy (non-hydrogen) atoms. The van der Waals surface area contributed by atoms with Gasteiger partial charge in [-0.3, -0.25) is 0 Å². The van der Waals surface area contributed by atoms with Crippen LogP contribution >= 0.6 is 23.1 Å². The SMILES string of the molecule is CCNC(Cc1ccc(Cl)cc1)c1csnn1. The molecule has 3 nitrogen and oxygen atoms in total. The van der Waals surface area contributed by atoms with Crippen molar-refractivity contribution < 1.29 is 0 Å². The molecule has 1 unspecified atom stereocenters. The lowest BCUT2D eigenvalue weighted by Crippen LogP contribution is -2.23. The molecule has 0 aliphatic carbocycles. The van der Waals surface area contributed by atoms with E-state index in [9.17, 15) is 0 Å². The van der Waals surface area contributed by atoms with Gasteiger partial charge in [-0.15, -0.1) is 5.10 Å². The van der Waals surface area contributed by atoms with E-state index in [0.717, 1.165) is 23.7 Å². The standard InChI is InChI=1S/C12H14ClN3S/c1-2-14-11(12-8-17-16-15-12)7-9-3-5-10(13)6-4-9/h3-6,8,11,14H,2,7H2,1H3. The van der Waals surface area contributed by atoms with Crippen molar-refractivity contribution in [2.24, 2.45) is 0 Å². The van der Waals surface area contributed by atoms with E-state index in [1.54, 1.807) is 0 Å². The van der Waals surface area contributed by atoms with Gasteiger partial charge in [-0.1, -0.05) is 35.1 Å². The van der Waals surface area contributed by atoms with Crippen molar-refractivity contribution in [3.8, 4) is 0 Å². The molecular weight excluding hydrogens is 254 g/mol. The van der Waals surface area contributed by atoms with Gasteiger partial charge in [-0.25, -0.2) is 0 Å². The molecule has 0 aliphatic heterocycles. The Morgan fingerprint density at radius 2 is 2.12 bits per heavy atom. The maximum Gasteiger partial charge on any atom is 0.0928 e. The zero-order valence-corrected chi connectivity index (χ0v) is 11.1. The van der Waals surface area contributed by atoms with E-state index in [1.807, 2.05) is 29.6 Å². The number of likely N-dealkylation sites (N-methyl/N-ethyl adjacent to an activating group) is 1. The minimum Gasteiger partial charge on any atom is -0.309 e. The maximum absolute atomic E-state index is 5.87. The molecule has 90 valence electrons. The lowest BCUT2D eigenvalue weighted by atomic mass is 10.0. The predicted molar refractivity (Wildman–Crippen MR) is 71.5 cm³/mol. The Morgan fingerprint density at radius 1 is 1.35 bits per heavy atom. The summed E-state index contributed by atoms with van der Waals surface area (Å²) >= 11 is 7.26. The molecule has 0 amide bonds. The van der Waals surface area contributed by atoms with Gasteiger partial charge in [0.15, 0.2) is 0 Å². The summed E-state index contributed by atoms with van der Waals surface area (Å²) < 4.78 is 3.91.